The Labute approximate surface area is 118 Å². The van der Waals surface area contributed by atoms with Gasteiger partial charge in [-0.05, 0) is 43.0 Å². The lowest BCUT2D eigenvalue weighted by Gasteiger charge is -2.07. The van der Waals surface area contributed by atoms with Crippen molar-refractivity contribution in [3.8, 4) is 11.1 Å². The smallest absolute Gasteiger partial charge is 0.153 e. The van der Waals surface area contributed by atoms with E-state index in [-0.39, 0.29) is 0 Å². The van der Waals surface area contributed by atoms with E-state index in [1.807, 2.05) is 55.5 Å². The first kappa shape index (κ1) is 13.5. The molecule has 0 N–H and O–H groups in total. The second-order valence-electron chi connectivity index (χ2n) is 4.05. The molecule has 96 valence electrons. The number of rotatable bonds is 3. The summed E-state index contributed by atoms with van der Waals surface area (Å²) >= 11 is 6.18. The van der Waals surface area contributed by atoms with Crippen molar-refractivity contribution in [2.75, 3.05) is 6.54 Å². The average molecular weight is 271 g/mol. The monoisotopic (exact) mass is 270 g/mol. The molecule has 2 nitrogen and oxygen atoms in total. The maximum atomic E-state index is 6.18. The molecule has 19 heavy (non-hydrogen) atoms. The van der Waals surface area contributed by atoms with Crippen LogP contribution in [0.2, 0.25) is 5.02 Å². The van der Waals surface area contributed by atoms with Crippen molar-refractivity contribution in [1.29, 1.82) is 0 Å². The van der Waals surface area contributed by atoms with Crippen LogP contribution in [0.3, 0.4) is 0 Å². The minimum Gasteiger partial charge on any atom is -0.267 e. The lowest BCUT2D eigenvalue weighted by Crippen LogP contribution is -1.98. The Hall–Kier alpha value is -1.93. The van der Waals surface area contributed by atoms with E-state index < -0.39 is 0 Å². The second-order valence-corrected chi connectivity index (χ2v) is 4.49. The number of hydrogen-bond donors (Lipinski definition) is 0. The van der Waals surface area contributed by atoms with Crippen molar-refractivity contribution in [1.82, 2.24) is 0 Å². The van der Waals surface area contributed by atoms with Gasteiger partial charge in [0, 0.05) is 17.1 Å². The van der Waals surface area contributed by atoms with Gasteiger partial charge in [0.05, 0.1) is 0 Å². The summed E-state index contributed by atoms with van der Waals surface area (Å²) in [4.78, 5) is 8.28. The number of hydrogen-bond acceptors (Lipinski definition) is 1. The predicted octanol–water partition coefficient (Wildman–Crippen LogP) is 4.47. The van der Waals surface area contributed by atoms with Gasteiger partial charge in [0.1, 0.15) is 0 Å². The molecule has 0 saturated heterocycles. The highest BCUT2D eigenvalue weighted by Gasteiger charge is 2.06. The average Bonchev–Trinajstić information content (AvgIpc) is 2.45. The fourth-order valence-corrected chi connectivity index (χ4v) is 2.13. The van der Waals surface area contributed by atoms with Crippen LogP contribution in [0.1, 0.15) is 12.5 Å². The van der Waals surface area contributed by atoms with Crippen LogP contribution in [0.15, 0.2) is 58.5 Å². The SMILES string of the molecule is C=N/C(=N\CC)c1cc(Cl)cc(-c2ccccc2)c1. The van der Waals surface area contributed by atoms with Crippen LogP contribution < -0.4 is 0 Å². The van der Waals surface area contributed by atoms with Gasteiger partial charge in [0.25, 0.3) is 0 Å². The van der Waals surface area contributed by atoms with E-state index in [9.17, 15) is 0 Å². The van der Waals surface area contributed by atoms with Crippen molar-refractivity contribution in [2.24, 2.45) is 9.98 Å². The molecule has 0 aliphatic heterocycles. The van der Waals surface area contributed by atoms with Gasteiger partial charge in [-0.1, -0.05) is 41.9 Å². The Morgan fingerprint density at radius 1 is 1.11 bits per heavy atom. The maximum absolute atomic E-state index is 6.18. The second kappa shape index (κ2) is 6.30. The van der Waals surface area contributed by atoms with E-state index >= 15 is 0 Å². The molecule has 0 amide bonds. The van der Waals surface area contributed by atoms with Crippen LogP contribution in [-0.4, -0.2) is 19.1 Å². The Bertz CT molecular complexity index is 603. The Morgan fingerprint density at radius 2 is 1.84 bits per heavy atom. The molecule has 2 rings (SSSR count). The Morgan fingerprint density at radius 3 is 2.47 bits per heavy atom. The zero-order valence-electron chi connectivity index (χ0n) is 10.8. The first-order valence-corrected chi connectivity index (χ1v) is 6.50. The van der Waals surface area contributed by atoms with Crippen molar-refractivity contribution in [2.45, 2.75) is 6.92 Å². The van der Waals surface area contributed by atoms with E-state index in [0.717, 1.165) is 16.7 Å². The molecule has 0 radical (unpaired) electrons. The minimum absolute atomic E-state index is 0.627. The highest BCUT2D eigenvalue weighted by Crippen LogP contribution is 2.25. The lowest BCUT2D eigenvalue weighted by molar-refractivity contribution is 1.12. The minimum atomic E-state index is 0.627. The van der Waals surface area contributed by atoms with Gasteiger partial charge < -0.3 is 0 Å². The molecule has 0 unspecified atom stereocenters. The summed E-state index contributed by atoms with van der Waals surface area (Å²) < 4.78 is 0. The van der Waals surface area contributed by atoms with Crippen LogP contribution in [-0.2, 0) is 0 Å². The maximum Gasteiger partial charge on any atom is 0.153 e. The first-order chi connectivity index (χ1) is 9.24. The zero-order valence-corrected chi connectivity index (χ0v) is 11.6. The van der Waals surface area contributed by atoms with Gasteiger partial charge in [0.2, 0.25) is 0 Å². The molecule has 0 heterocycles. The molecule has 0 spiro atoms. The normalized spacial score (nSPS) is 11.4. The van der Waals surface area contributed by atoms with E-state index in [1.165, 1.54) is 0 Å². The van der Waals surface area contributed by atoms with E-state index in [0.29, 0.717) is 17.4 Å². The highest BCUT2D eigenvalue weighted by molar-refractivity contribution is 6.31. The third-order valence-corrected chi connectivity index (χ3v) is 2.94. The molecule has 0 fully saturated rings. The molecule has 0 saturated carbocycles. The summed E-state index contributed by atoms with van der Waals surface area (Å²) in [5.74, 6) is 0.627. The first-order valence-electron chi connectivity index (χ1n) is 6.12. The Kier molecular flexibility index (Phi) is 4.48. The van der Waals surface area contributed by atoms with Gasteiger partial charge >= 0.3 is 0 Å². The molecule has 0 aromatic heterocycles. The van der Waals surface area contributed by atoms with E-state index in [2.05, 4.69) is 16.7 Å². The van der Waals surface area contributed by atoms with Crippen molar-refractivity contribution >= 4 is 24.2 Å². The molecule has 2 aromatic carbocycles. The highest BCUT2D eigenvalue weighted by atomic mass is 35.5. The van der Waals surface area contributed by atoms with Gasteiger partial charge in [-0.25, -0.2) is 4.99 Å². The number of benzene rings is 2. The van der Waals surface area contributed by atoms with Gasteiger partial charge in [-0.2, -0.15) is 0 Å². The number of nitrogens with zero attached hydrogens (tertiary/aromatic N) is 2. The van der Waals surface area contributed by atoms with Crippen LogP contribution in [0.5, 0.6) is 0 Å². The number of halogens is 1. The fourth-order valence-electron chi connectivity index (χ4n) is 1.90. The summed E-state index contributed by atoms with van der Waals surface area (Å²) in [6, 6.07) is 15.9. The summed E-state index contributed by atoms with van der Waals surface area (Å²) in [6.07, 6.45) is 0. The molecule has 0 bridgehead atoms. The predicted molar refractivity (Wildman–Crippen MR) is 83.5 cm³/mol. The number of aliphatic imine (C=N–C) groups is 2. The quantitative estimate of drug-likeness (QED) is 0.581. The summed E-state index contributed by atoms with van der Waals surface area (Å²) in [5, 5.41) is 0.670. The van der Waals surface area contributed by atoms with Crippen LogP contribution in [0.4, 0.5) is 0 Å². The summed E-state index contributed by atoms with van der Waals surface area (Å²) in [5.41, 5.74) is 3.06. The van der Waals surface area contributed by atoms with E-state index in [1.54, 1.807) is 0 Å². The molecule has 0 aliphatic rings. The fraction of sp³-hybridized carbons (Fsp3) is 0.125. The lowest BCUT2D eigenvalue weighted by atomic mass is 10.0. The zero-order chi connectivity index (χ0) is 13.7. The molecule has 3 heteroatoms. The van der Waals surface area contributed by atoms with Crippen LogP contribution in [0, 0.1) is 0 Å². The summed E-state index contributed by atoms with van der Waals surface area (Å²) in [6.45, 7) is 6.20. The van der Waals surface area contributed by atoms with Gasteiger partial charge in [-0.3, -0.25) is 4.99 Å². The van der Waals surface area contributed by atoms with Crippen molar-refractivity contribution in [3.05, 3.63) is 59.1 Å². The van der Waals surface area contributed by atoms with Crippen LogP contribution in [0.25, 0.3) is 11.1 Å². The van der Waals surface area contributed by atoms with E-state index in [4.69, 9.17) is 11.6 Å². The molecule has 0 atom stereocenters. The Balaban J connectivity index is 2.52. The molecule has 0 aliphatic carbocycles. The molecular weight excluding hydrogens is 256 g/mol. The molecule has 2 aromatic rings. The largest absolute Gasteiger partial charge is 0.267 e. The third-order valence-electron chi connectivity index (χ3n) is 2.72. The topological polar surface area (TPSA) is 24.7 Å². The number of amidine groups is 1. The van der Waals surface area contributed by atoms with Crippen LogP contribution >= 0.6 is 11.6 Å². The third kappa shape index (κ3) is 3.30. The van der Waals surface area contributed by atoms with Gasteiger partial charge in [0.15, 0.2) is 5.84 Å². The standard InChI is InChI=1S/C16H15ClN2/c1-3-19-16(18-2)14-9-13(10-15(17)11-14)12-7-5-4-6-8-12/h4-11H,2-3H2,1H3/b19-16-. The van der Waals surface area contributed by atoms with Gasteiger partial charge in [-0.15, -0.1) is 0 Å². The van der Waals surface area contributed by atoms with Crippen molar-refractivity contribution in [3.63, 3.8) is 0 Å². The summed E-state index contributed by atoms with van der Waals surface area (Å²) in [7, 11) is 0. The molecular formula is C16H15ClN2. The van der Waals surface area contributed by atoms with Crippen molar-refractivity contribution < 1.29 is 0 Å².